The van der Waals surface area contributed by atoms with Crippen LogP contribution in [0.15, 0.2) is 42.7 Å². The van der Waals surface area contributed by atoms with Gasteiger partial charge < -0.3 is 10.6 Å². The van der Waals surface area contributed by atoms with E-state index in [1.165, 1.54) is 6.20 Å². The number of pyridine rings is 2. The molecule has 2 aliphatic heterocycles. The van der Waals surface area contributed by atoms with Gasteiger partial charge in [0.15, 0.2) is 9.84 Å². The standard InChI is InChI=1S/C18H21N5O3S/c19-17-5-4-13(9-21-17)18(24)23-8-7-22(10-14-3-1-2-6-20-14)15-11-27(25,26)12-16(15)23/h1-6,9,15-16H,7-8,10-12H2,(H2,19,21)/t15-,16+/m1/s1. The Balaban J connectivity index is 1.58. The molecule has 0 spiro atoms. The van der Waals surface area contributed by atoms with Gasteiger partial charge >= 0.3 is 0 Å². The number of rotatable bonds is 3. The molecule has 2 N–H and O–H groups in total. The minimum absolute atomic E-state index is 0.00940. The molecule has 1 amide bonds. The van der Waals surface area contributed by atoms with E-state index in [-0.39, 0.29) is 29.5 Å². The summed E-state index contributed by atoms with van der Waals surface area (Å²) < 4.78 is 24.7. The fourth-order valence-corrected chi connectivity index (χ4v) is 5.88. The number of sulfone groups is 1. The van der Waals surface area contributed by atoms with Crippen molar-refractivity contribution in [1.82, 2.24) is 19.8 Å². The summed E-state index contributed by atoms with van der Waals surface area (Å²) in [5.41, 5.74) is 6.90. The van der Waals surface area contributed by atoms with Gasteiger partial charge in [-0.3, -0.25) is 14.7 Å². The van der Waals surface area contributed by atoms with Gasteiger partial charge in [-0.1, -0.05) is 6.07 Å². The second-order valence-corrected chi connectivity index (χ2v) is 9.13. The molecule has 0 unspecified atom stereocenters. The lowest BCUT2D eigenvalue weighted by molar-refractivity contribution is 0.0302. The third kappa shape index (κ3) is 3.65. The molecule has 0 bridgehead atoms. The number of aromatic nitrogens is 2. The van der Waals surface area contributed by atoms with Crippen molar-refractivity contribution in [2.24, 2.45) is 0 Å². The average molecular weight is 387 g/mol. The van der Waals surface area contributed by atoms with E-state index in [1.807, 2.05) is 18.2 Å². The Morgan fingerprint density at radius 1 is 1.11 bits per heavy atom. The first-order valence-corrected chi connectivity index (χ1v) is 10.6. The first-order chi connectivity index (χ1) is 12.9. The number of nitrogens with zero attached hydrogens (tertiary/aromatic N) is 4. The van der Waals surface area contributed by atoms with Crippen LogP contribution in [0.4, 0.5) is 5.82 Å². The summed E-state index contributed by atoms with van der Waals surface area (Å²) in [7, 11) is -3.20. The van der Waals surface area contributed by atoms with E-state index < -0.39 is 9.84 Å². The topological polar surface area (TPSA) is 109 Å². The molecule has 2 saturated heterocycles. The number of hydrogen-bond acceptors (Lipinski definition) is 7. The fraction of sp³-hybridized carbons (Fsp3) is 0.389. The number of amides is 1. The molecule has 4 rings (SSSR count). The van der Waals surface area contributed by atoms with Crippen LogP contribution in [0.5, 0.6) is 0 Å². The monoisotopic (exact) mass is 387 g/mol. The van der Waals surface area contributed by atoms with Gasteiger partial charge in [0, 0.05) is 38.1 Å². The zero-order valence-electron chi connectivity index (χ0n) is 14.7. The zero-order valence-corrected chi connectivity index (χ0v) is 15.5. The summed E-state index contributed by atoms with van der Waals surface area (Å²) in [5, 5.41) is 0. The van der Waals surface area contributed by atoms with Gasteiger partial charge in [0.05, 0.1) is 28.8 Å². The molecule has 27 heavy (non-hydrogen) atoms. The highest BCUT2D eigenvalue weighted by atomic mass is 32.2. The van der Waals surface area contributed by atoms with E-state index in [1.54, 1.807) is 23.2 Å². The maximum Gasteiger partial charge on any atom is 0.255 e. The van der Waals surface area contributed by atoms with Crippen LogP contribution >= 0.6 is 0 Å². The molecule has 2 atom stereocenters. The quantitative estimate of drug-likeness (QED) is 0.800. The second kappa shape index (κ2) is 6.90. The number of carbonyl (C=O) groups excluding carboxylic acids is 1. The Bertz CT molecular complexity index is 933. The number of nitrogens with two attached hydrogens (primary N) is 1. The van der Waals surface area contributed by atoms with E-state index in [2.05, 4.69) is 14.9 Å². The summed E-state index contributed by atoms with van der Waals surface area (Å²) in [6, 6.07) is 8.31. The molecule has 2 aromatic rings. The normalized spacial score (nSPS) is 24.5. The Hall–Kier alpha value is -2.52. The molecule has 0 aliphatic carbocycles. The van der Waals surface area contributed by atoms with Gasteiger partial charge in [-0.25, -0.2) is 13.4 Å². The predicted molar refractivity (Wildman–Crippen MR) is 101 cm³/mol. The van der Waals surface area contributed by atoms with E-state index in [0.29, 0.717) is 31.0 Å². The van der Waals surface area contributed by atoms with E-state index in [4.69, 9.17) is 5.73 Å². The minimum atomic E-state index is -3.20. The maximum absolute atomic E-state index is 12.9. The number of carbonyl (C=O) groups is 1. The fourth-order valence-electron chi connectivity index (χ4n) is 3.87. The number of hydrogen-bond donors (Lipinski definition) is 1. The smallest absolute Gasteiger partial charge is 0.255 e. The van der Waals surface area contributed by atoms with Crippen LogP contribution in [-0.2, 0) is 16.4 Å². The lowest BCUT2D eigenvalue weighted by Gasteiger charge is -2.43. The summed E-state index contributed by atoms with van der Waals surface area (Å²) in [4.78, 5) is 25.1. The van der Waals surface area contributed by atoms with Gasteiger partial charge in [-0.15, -0.1) is 0 Å². The van der Waals surface area contributed by atoms with Crippen molar-refractivity contribution < 1.29 is 13.2 Å². The van der Waals surface area contributed by atoms with Crippen LogP contribution in [0.25, 0.3) is 0 Å². The van der Waals surface area contributed by atoms with Crippen molar-refractivity contribution in [2.45, 2.75) is 18.6 Å². The number of nitrogen functional groups attached to an aromatic ring is 1. The molecular weight excluding hydrogens is 366 g/mol. The Morgan fingerprint density at radius 2 is 1.93 bits per heavy atom. The number of anilines is 1. The molecule has 0 aromatic carbocycles. The molecule has 2 aliphatic rings. The average Bonchev–Trinajstić information content (AvgIpc) is 2.98. The first-order valence-electron chi connectivity index (χ1n) is 8.80. The molecule has 0 radical (unpaired) electrons. The molecule has 0 saturated carbocycles. The van der Waals surface area contributed by atoms with Crippen molar-refractivity contribution >= 4 is 21.6 Å². The summed E-state index contributed by atoms with van der Waals surface area (Å²) in [6.45, 7) is 1.64. The Kier molecular flexibility index (Phi) is 4.56. The molecule has 2 fully saturated rings. The SMILES string of the molecule is Nc1ccc(C(=O)N2CCN(Cc3ccccn3)[C@@H]3CS(=O)(=O)C[C@@H]32)cn1. The largest absolute Gasteiger partial charge is 0.384 e. The van der Waals surface area contributed by atoms with E-state index in [9.17, 15) is 13.2 Å². The van der Waals surface area contributed by atoms with Gasteiger partial charge in [0.2, 0.25) is 0 Å². The van der Waals surface area contributed by atoms with Crippen molar-refractivity contribution in [3.8, 4) is 0 Å². The molecule has 9 heteroatoms. The van der Waals surface area contributed by atoms with Crippen LogP contribution in [0.2, 0.25) is 0 Å². The van der Waals surface area contributed by atoms with Gasteiger partial charge in [0.25, 0.3) is 5.91 Å². The van der Waals surface area contributed by atoms with Crippen molar-refractivity contribution in [3.05, 3.63) is 54.0 Å². The second-order valence-electron chi connectivity index (χ2n) is 6.97. The third-order valence-corrected chi connectivity index (χ3v) is 6.88. The highest BCUT2D eigenvalue weighted by Gasteiger charge is 2.48. The van der Waals surface area contributed by atoms with Crippen molar-refractivity contribution in [2.75, 3.05) is 30.3 Å². The highest BCUT2D eigenvalue weighted by molar-refractivity contribution is 7.91. The predicted octanol–water partition coefficient (Wildman–Crippen LogP) is 0.182. The van der Waals surface area contributed by atoms with Gasteiger partial charge in [0.1, 0.15) is 5.82 Å². The number of fused-ring (bicyclic) bond motifs is 1. The lowest BCUT2D eigenvalue weighted by Crippen LogP contribution is -2.60. The summed E-state index contributed by atoms with van der Waals surface area (Å²) in [6.07, 6.45) is 3.17. The lowest BCUT2D eigenvalue weighted by atomic mass is 10.0. The van der Waals surface area contributed by atoms with Crippen LogP contribution in [0, 0.1) is 0 Å². The molecule has 2 aromatic heterocycles. The molecule has 4 heterocycles. The van der Waals surface area contributed by atoms with Crippen LogP contribution in [0.3, 0.4) is 0 Å². The van der Waals surface area contributed by atoms with Crippen LogP contribution in [-0.4, -0.2) is 70.8 Å². The third-order valence-electron chi connectivity index (χ3n) is 5.18. The zero-order chi connectivity index (χ0) is 19.0. The Labute approximate surface area is 157 Å². The maximum atomic E-state index is 12.9. The summed E-state index contributed by atoms with van der Waals surface area (Å²) >= 11 is 0. The first kappa shape index (κ1) is 17.9. The highest BCUT2D eigenvalue weighted by Crippen LogP contribution is 2.29. The van der Waals surface area contributed by atoms with Crippen LogP contribution in [0.1, 0.15) is 16.1 Å². The van der Waals surface area contributed by atoms with Crippen molar-refractivity contribution in [3.63, 3.8) is 0 Å². The van der Waals surface area contributed by atoms with Crippen molar-refractivity contribution in [1.29, 1.82) is 0 Å². The van der Waals surface area contributed by atoms with Gasteiger partial charge in [-0.2, -0.15) is 0 Å². The van der Waals surface area contributed by atoms with E-state index in [0.717, 1.165) is 5.69 Å². The molecular formula is C18H21N5O3S. The van der Waals surface area contributed by atoms with E-state index >= 15 is 0 Å². The molecule has 142 valence electrons. The minimum Gasteiger partial charge on any atom is -0.384 e. The molecule has 8 nitrogen and oxygen atoms in total. The van der Waals surface area contributed by atoms with Crippen LogP contribution < -0.4 is 5.73 Å². The van der Waals surface area contributed by atoms with Gasteiger partial charge in [-0.05, 0) is 24.3 Å². The summed E-state index contributed by atoms with van der Waals surface area (Å²) in [5.74, 6) is 0.193. The Morgan fingerprint density at radius 3 is 2.63 bits per heavy atom. The number of piperazine rings is 1.